The molecule has 0 saturated carbocycles. The maximum absolute atomic E-state index is 12.4. The minimum Gasteiger partial charge on any atom is -0.507 e. The smallest absolute Gasteiger partial charge is 0.314 e. The van der Waals surface area contributed by atoms with Gasteiger partial charge < -0.3 is 9.84 Å². The molecular formula is C21H24O4. The summed E-state index contributed by atoms with van der Waals surface area (Å²) in [5.74, 6) is -0.654. The average molecular weight is 340 g/mol. The molecule has 2 aromatic rings. The zero-order valence-corrected chi connectivity index (χ0v) is 14.7. The van der Waals surface area contributed by atoms with Gasteiger partial charge in [0.05, 0.1) is 11.5 Å². The van der Waals surface area contributed by atoms with E-state index >= 15 is 0 Å². The number of phenols is 1. The van der Waals surface area contributed by atoms with Gasteiger partial charge in [-0.15, -0.1) is 0 Å². The fraction of sp³-hybridized carbons (Fsp3) is 0.333. The number of hydrogen-bond donors (Lipinski definition) is 1. The Kier molecular flexibility index (Phi) is 6.75. The van der Waals surface area contributed by atoms with Crippen LogP contribution in [0.3, 0.4) is 0 Å². The molecule has 4 heteroatoms. The van der Waals surface area contributed by atoms with E-state index in [1.54, 1.807) is 30.3 Å². The van der Waals surface area contributed by atoms with Gasteiger partial charge in [0.1, 0.15) is 11.5 Å². The Morgan fingerprint density at radius 2 is 1.80 bits per heavy atom. The molecule has 2 rings (SSSR count). The molecule has 132 valence electrons. The molecule has 1 N–H and O–H groups in total. The minimum absolute atomic E-state index is 0.146. The summed E-state index contributed by atoms with van der Waals surface area (Å²) in [6, 6.07) is 13.1. The number of rotatable bonds is 8. The highest BCUT2D eigenvalue weighted by molar-refractivity contribution is 6.10. The summed E-state index contributed by atoms with van der Waals surface area (Å²) in [6.45, 7) is 4.04. The van der Waals surface area contributed by atoms with Gasteiger partial charge in [0.15, 0.2) is 5.78 Å². The summed E-state index contributed by atoms with van der Waals surface area (Å²) in [7, 11) is 0. The molecule has 25 heavy (non-hydrogen) atoms. The average Bonchev–Trinajstić information content (AvgIpc) is 2.62. The zero-order valence-electron chi connectivity index (χ0n) is 14.7. The van der Waals surface area contributed by atoms with Crippen LogP contribution in [0.2, 0.25) is 0 Å². The quantitative estimate of drug-likeness (QED) is 0.428. The lowest BCUT2D eigenvalue weighted by Crippen LogP contribution is -2.20. The molecule has 0 heterocycles. The molecule has 4 nitrogen and oxygen atoms in total. The molecule has 0 saturated heterocycles. The molecule has 0 aliphatic heterocycles. The topological polar surface area (TPSA) is 63.6 Å². The lowest BCUT2D eigenvalue weighted by Gasteiger charge is -2.14. The van der Waals surface area contributed by atoms with Gasteiger partial charge in [-0.3, -0.25) is 9.59 Å². The van der Waals surface area contributed by atoms with E-state index in [-0.39, 0.29) is 34.7 Å². The molecule has 0 amide bonds. The van der Waals surface area contributed by atoms with Crippen molar-refractivity contribution in [3.63, 3.8) is 0 Å². The molecule has 0 unspecified atom stereocenters. The number of hydrogen-bond acceptors (Lipinski definition) is 4. The number of unbranched alkanes of at least 4 members (excludes halogenated alkanes) is 1. The van der Waals surface area contributed by atoms with Crippen LogP contribution in [0.5, 0.6) is 11.5 Å². The van der Waals surface area contributed by atoms with E-state index in [0.29, 0.717) is 5.56 Å². The SMILES string of the molecule is CCCC[C@@H](CC)C(=O)Oc1ccc(C(=O)c2ccccc2)c(O)c1. The number of phenolic OH excluding ortho intramolecular Hbond substituents is 1. The number of carbonyl (C=O) groups is 2. The van der Waals surface area contributed by atoms with Crippen molar-refractivity contribution < 1.29 is 19.4 Å². The summed E-state index contributed by atoms with van der Waals surface area (Å²) in [5.41, 5.74) is 0.678. The summed E-state index contributed by atoms with van der Waals surface area (Å²) in [4.78, 5) is 24.6. The van der Waals surface area contributed by atoms with E-state index in [1.165, 1.54) is 12.1 Å². The maximum atomic E-state index is 12.4. The molecule has 0 aromatic heterocycles. The van der Waals surface area contributed by atoms with Crippen LogP contribution < -0.4 is 4.74 Å². The highest BCUT2D eigenvalue weighted by Gasteiger charge is 2.20. The van der Waals surface area contributed by atoms with Crippen LogP contribution in [0.1, 0.15) is 55.5 Å². The van der Waals surface area contributed by atoms with Crippen LogP contribution in [0.4, 0.5) is 0 Å². The highest BCUT2D eigenvalue weighted by atomic mass is 16.5. The first-order valence-electron chi connectivity index (χ1n) is 8.71. The first kappa shape index (κ1) is 18.7. The van der Waals surface area contributed by atoms with Crippen molar-refractivity contribution in [2.24, 2.45) is 5.92 Å². The van der Waals surface area contributed by atoms with Gasteiger partial charge >= 0.3 is 5.97 Å². The number of aromatic hydroxyl groups is 1. The second-order valence-corrected chi connectivity index (χ2v) is 6.04. The monoisotopic (exact) mass is 340 g/mol. The predicted octanol–water partition coefficient (Wildman–Crippen LogP) is 4.75. The van der Waals surface area contributed by atoms with Crippen LogP contribution >= 0.6 is 0 Å². The van der Waals surface area contributed by atoms with Gasteiger partial charge in [-0.2, -0.15) is 0 Å². The summed E-state index contributed by atoms with van der Waals surface area (Å²) < 4.78 is 5.38. The van der Waals surface area contributed by atoms with Gasteiger partial charge in [-0.1, -0.05) is 57.0 Å². The van der Waals surface area contributed by atoms with E-state index in [1.807, 2.05) is 13.0 Å². The number of esters is 1. The van der Waals surface area contributed by atoms with Crippen LogP contribution in [0.15, 0.2) is 48.5 Å². The molecule has 0 bridgehead atoms. The molecule has 0 aliphatic carbocycles. The normalized spacial score (nSPS) is 11.8. The number of carbonyl (C=O) groups excluding carboxylic acids is 2. The molecule has 1 atom stereocenters. The first-order valence-corrected chi connectivity index (χ1v) is 8.71. The van der Waals surface area contributed by atoms with E-state index in [9.17, 15) is 14.7 Å². The van der Waals surface area contributed by atoms with Crippen molar-refractivity contribution in [3.8, 4) is 11.5 Å². The Morgan fingerprint density at radius 1 is 1.08 bits per heavy atom. The molecule has 0 fully saturated rings. The van der Waals surface area contributed by atoms with Gasteiger partial charge in [0.2, 0.25) is 0 Å². The van der Waals surface area contributed by atoms with Crippen LogP contribution in [0, 0.1) is 5.92 Å². The van der Waals surface area contributed by atoms with Crippen LogP contribution in [0.25, 0.3) is 0 Å². The van der Waals surface area contributed by atoms with Crippen molar-refractivity contribution in [2.75, 3.05) is 0 Å². The van der Waals surface area contributed by atoms with Crippen LogP contribution in [-0.4, -0.2) is 16.9 Å². The van der Waals surface area contributed by atoms with E-state index in [2.05, 4.69) is 6.92 Å². The number of ether oxygens (including phenoxy) is 1. The Morgan fingerprint density at radius 3 is 2.40 bits per heavy atom. The largest absolute Gasteiger partial charge is 0.507 e. The van der Waals surface area contributed by atoms with E-state index < -0.39 is 0 Å². The maximum Gasteiger partial charge on any atom is 0.314 e. The van der Waals surface area contributed by atoms with Gasteiger partial charge in [0, 0.05) is 11.6 Å². The fourth-order valence-electron chi connectivity index (χ4n) is 2.65. The fourth-order valence-corrected chi connectivity index (χ4v) is 2.65. The standard InChI is InChI=1S/C21H24O4/c1-3-5-9-15(4-2)21(24)25-17-12-13-18(19(22)14-17)20(23)16-10-7-6-8-11-16/h6-8,10-15,22H,3-5,9H2,1-2H3/t15-/m1/s1. The van der Waals surface area contributed by atoms with Crippen LogP contribution in [-0.2, 0) is 4.79 Å². The molecule has 0 aliphatic rings. The summed E-state index contributed by atoms with van der Waals surface area (Å²) in [6.07, 6.45) is 3.52. The summed E-state index contributed by atoms with van der Waals surface area (Å²) >= 11 is 0. The lowest BCUT2D eigenvalue weighted by molar-refractivity contribution is -0.139. The van der Waals surface area contributed by atoms with Crippen molar-refractivity contribution in [3.05, 3.63) is 59.7 Å². The molecular weight excluding hydrogens is 316 g/mol. The van der Waals surface area contributed by atoms with E-state index in [4.69, 9.17) is 4.74 Å². The van der Waals surface area contributed by atoms with Crippen molar-refractivity contribution in [2.45, 2.75) is 39.5 Å². The van der Waals surface area contributed by atoms with Crippen molar-refractivity contribution >= 4 is 11.8 Å². The van der Waals surface area contributed by atoms with E-state index in [0.717, 1.165) is 25.7 Å². The first-order chi connectivity index (χ1) is 12.1. The Balaban J connectivity index is 2.11. The minimum atomic E-state index is -0.294. The molecule has 0 spiro atoms. The van der Waals surface area contributed by atoms with Gasteiger partial charge in [-0.05, 0) is 25.0 Å². The second-order valence-electron chi connectivity index (χ2n) is 6.04. The highest BCUT2D eigenvalue weighted by Crippen LogP contribution is 2.27. The third-order valence-corrected chi connectivity index (χ3v) is 4.20. The van der Waals surface area contributed by atoms with Gasteiger partial charge in [0.25, 0.3) is 0 Å². The van der Waals surface area contributed by atoms with Crippen molar-refractivity contribution in [1.29, 1.82) is 0 Å². The van der Waals surface area contributed by atoms with Crippen molar-refractivity contribution in [1.82, 2.24) is 0 Å². The number of benzene rings is 2. The Hall–Kier alpha value is -2.62. The molecule has 0 radical (unpaired) electrons. The third-order valence-electron chi connectivity index (χ3n) is 4.20. The second kappa shape index (κ2) is 9.02. The summed E-state index contributed by atoms with van der Waals surface area (Å²) in [5, 5.41) is 10.2. The Labute approximate surface area is 148 Å². The lowest BCUT2D eigenvalue weighted by atomic mass is 9.99. The molecule has 2 aromatic carbocycles. The third kappa shape index (κ3) is 4.92. The number of ketones is 1. The zero-order chi connectivity index (χ0) is 18.2. The predicted molar refractivity (Wildman–Crippen MR) is 96.9 cm³/mol. The van der Waals surface area contributed by atoms with Gasteiger partial charge in [-0.25, -0.2) is 0 Å². The Bertz CT molecular complexity index is 722.